The van der Waals surface area contributed by atoms with Gasteiger partial charge < -0.3 is 65.1 Å². The van der Waals surface area contributed by atoms with Gasteiger partial charge in [0, 0.05) is 6.42 Å². The molecule has 0 bridgehead atoms. The van der Waals surface area contributed by atoms with Crippen molar-refractivity contribution < 1.29 is 64.6 Å². The molecule has 0 aromatic rings. The second kappa shape index (κ2) is 41.0. The highest BCUT2D eigenvalue weighted by Gasteiger charge is 2.51. The van der Waals surface area contributed by atoms with Crippen LogP contribution in [0.25, 0.3) is 0 Å². The third-order valence-electron chi connectivity index (χ3n) is 12.6. The Bertz CT molecular complexity index is 1430. The van der Waals surface area contributed by atoms with Crippen molar-refractivity contribution in [3.05, 3.63) is 72.9 Å². The van der Waals surface area contributed by atoms with E-state index in [1.54, 1.807) is 6.08 Å². The van der Waals surface area contributed by atoms with Gasteiger partial charge in [-0.15, -0.1) is 0 Å². The van der Waals surface area contributed by atoms with E-state index in [0.717, 1.165) is 38.5 Å². The normalized spacial score (nSPS) is 26.8. The number of aliphatic hydroxyl groups excluding tert-OH is 8. The van der Waals surface area contributed by atoms with E-state index in [2.05, 4.69) is 67.8 Å². The Labute approximate surface area is 415 Å². The van der Waals surface area contributed by atoms with Gasteiger partial charge in [-0.2, -0.15) is 0 Å². The molecule has 0 aromatic heterocycles. The van der Waals surface area contributed by atoms with Gasteiger partial charge in [-0.3, -0.25) is 4.79 Å². The molecule has 12 unspecified atom stereocenters. The monoisotopic (exact) mass is 978 g/mol. The lowest BCUT2D eigenvalue weighted by Crippen LogP contribution is -2.65. The second-order valence-electron chi connectivity index (χ2n) is 18.6. The van der Waals surface area contributed by atoms with Gasteiger partial charge in [0.1, 0.15) is 48.8 Å². The third kappa shape index (κ3) is 27.7. The van der Waals surface area contributed by atoms with Gasteiger partial charge in [0.25, 0.3) is 0 Å². The standard InChI is InChI=1S/C55H95NO13/c1-3-5-7-9-11-13-15-17-18-19-20-21-22-23-24-25-27-28-30-32-34-36-38-44(59)43(56-47(60)39-37-35-33-31-29-26-16-14-12-10-8-6-4-2)42-66-54-52(65)50(63)53(46(41-58)68-54)69-55-51(64)49(62)48(61)45(40-57)67-55/h6,8,12,14,26,28-30,33,35-36,38,43-46,48-55,57-59,61-65H,3-5,7,9-11,13,15-25,27,31-32,34,37,39-42H2,1-2H3,(H,56,60)/b8-6-,14-12-,29-26-,30-28+,35-33-,38-36+. The van der Waals surface area contributed by atoms with Gasteiger partial charge in [-0.1, -0.05) is 183 Å². The van der Waals surface area contributed by atoms with Crippen LogP contribution in [-0.4, -0.2) is 140 Å². The summed E-state index contributed by atoms with van der Waals surface area (Å²) >= 11 is 0. The summed E-state index contributed by atoms with van der Waals surface area (Å²) in [6, 6.07) is -0.972. The molecule has 14 heteroatoms. The number of hydrogen-bond donors (Lipinski definition) is 9. The molecule has 1 amide bonds. The number of unbranched alkanes of at least 4 members (excludes halogenated alkanes) is 17. The number of rotatable bonds is 40. The minimum Gasteiger partial charge on any atom is -0.394 e. The van der Waals surface area contributed by atoms with E-state index in [9.17, 15) is 45.6 Å². The Balaban J connectivity index is 1.85. The van der Waals surface area contributed by atoms with Crippen molar-refractivity contribution in [3.63, 3.8) is 0 Å². The van der Waals surface area contributed by atoms with E-state index in [-0.39, 0.29) is 18.9 Å². The predicted molar refractivity (Wildman–Crippen MR) is 272 cm³/mol. The molecule has 12 atom stereocenters. The molecule has 0 aromatic carbocycles. The van der Waals surface area contributed by atoms with Crippen LogP contribution < -0.4 is 5.32 Å². The van der Waals surface area contributed by atoms with Crippen LogP contribution in [0.3, 0.4) is 0 Å². The molecule has 69 heavy (non-hydrogen) atoms. The minimum atomic E-state index is -1.80. The number of carbonyl (C=O) groups is 1. The molecule has 0 saturated carbocycles. The lowest BCUT2D eigenvalue weighted by Gasteiger charge is -2.46. The first-order valence-electron chi connectivity index (χ1n) is 26.7. The third-order valence-corrected chi connectivity index (χ3v) is 12.6. The summed E-state index contributed by atoms with van der Waals surface area (Å²) in [7, 11) is 0. The SMILES string of the molecule is CC/C=C\C/C=C\C/C=C\C/C=C\CCC(=O)NC(COC1OC(CO)C(OC2OC(CO)C(O)C(O)C2O)C(O)C1O)C(O)/C=C/CC/C=C/CCCCCCCCCCCCCCCCCC. The molecule has 398 valence electrons. The molecule has 0 aliphatic carbocycles. The van der Waals surface area contributed by atoms with Crippen molar-refractivity contribution in [2.24, 2.45) is 0 Å². The molecular weight excluding hydrogens is 883 g/mol. The van der Waals surface area contributed by atoms with E-state index in [0.29, 0.717) is 12.8 Å². The highest BCUT2D eigenvalue weighted by Crippen LogP contribution is 2.30. The molecular formula is C55H95NO13. The van der Waals surface area contributed by atoms with E-state index >= 15 is 0 Å². The average molecular weight is 978 g/mol. The maximum atomic E-state index is 13.1. The fourth-order valence-corrected chi connectivity index (χ4v) is 8.32. The van der Waals surface area contributed by atoms with Crippen LogP contribution in [0.1, 0.15) is 174 Å². The topological polar surface area (TPSA) is 228 Å². The summed E-state index contributed by atoms with van der Waals surface area (Å²) in [6.45, 7) is 2.59. The van der Waals surface area contributed by atoms with Crippen LogP contribution in [0, 0.1) is 0 Å². The molecule has 14 nitrogen and oxygen atoms in total. The van der Waals surface area contributed by atoms with Gasteiger partial charge >= 0.3 is 0 Å². The largest absolute Gasteiger partial charge is 0.394 e. The Morgan fingerprint density at radius 2 is 1.01 bits per heavy atom. The van der Waals surface area contributed by atoms with E-state index in [1.165, 1.54) is 103 Å². The van der Waals surface area contributed by atoms with Crippen molar-refractivity contribution in [2.75, 3.05) is 19.8 Å². The lowest BCUT2D eigenvalue weighted by atomic mass is 9.97. The molecule has 2 heterocycles. The predicted octanol–water partition coefficient (Wildman–Crippen LogP) is 7.60. The Hall–Kier alpha value is -2.57. The van der Waals surface area contributed by atoms with Crippen molar-refractivity contribution in [1.29, 1.82) is 0 Å². The summed E-state index contributed by atoms with van der Waals surface area (Å²) in [6.07, 6.45) is 35.4. The summed E-state index contributed by atoms with van der Waals surface area (Å²) in [5.41, 5.74) is 0. The number of nitrogens with one attached hydrogen (secondary N) is 1. The Kier molecular flexibility index (Phi) is 37.1. The maximum Gasteiger partial charge on any atom is 0.220 e. The van der Waals surface area contributed by atoms with Gasteiger partial charge in [0.15, 0.2) is 12.6 Å². The smallest absolute Gasteiger partial charge is 0.220 e. The molecule has 2 aliphatic rings. The lowest BCUT2D eigenvalue weighted by molar-refractivity contribution is -0.359. The van der Waals surface area contributed by atoms with E-state index in [1.807, 2.05) is 18.2 Å². The van der Waals surface area contributed by atoms with Crippen LogP contribution >= 0.6 is 0 Å². The first kappa shape index (κ1) is 62.5. The van der Waals surface area contributed by atoms with Gasteiger partial charge in [-0.05, 0) is 57.8 Å². The first-order valence-corrected chi connectivity index (χ1v) is 26.7. The second-order valence-corrected chi connectivity index (χ2v) is 18.6. The minimum absolute atomic E-state index is 0.149. The van der Waals surface area contributed by atoms with Crippen molar-refractivity contribution >= 4 is 5.91 Å². The van der Waals surface area contributed by atoms with Crippen molar-refractivity contribution in [2.45, 2.75) is 248 Å². The first-order chi connectivity index (χ1) is 33.6. The zero-order chi connectivity index (χ0) is 50.3. The van der Waals surface area contributed by atoms with Gasteiger partial charge in [0.2, 0.25) is 5.91 Å². The molecule has 0 spiro atoms. The zero-order valence-corrected chi connectivity index (χ0v) is 42.3. The molecule has 2 fully saturated rings. The number of carbonyl (C=O) groups excluding carboxylic acids is 1. The number of aliphatic hydroxyl groups is 8. The number of allylic oxidation sites excluding steroid dienone is 11. The maximum absolute atomic E-state index is 13.1. The number of amides is 1. The van der Waals surface area contributed by atoms with Crippen LogP contribution in [-0.2, 0) is 23.7 Å². The fraction of sp³-hybridized carbons (Fsp3) is 0.764. The van der Waals surface area contributed by atoms with Crippen LogP contribution in [0.2, 0.25) is 0 Å². The molecule has 2 rings (SSSR count). The highest BCUT2D eigenvalue weighted by atomic mass is 16.7. The number of hydrogen-bond acceptors (Lipinski definition) is 13. The Morgan fingerprint density at radius 3 is 1.58 bits per heavy atom. The van der Waals surface area contributed by atoms with Gasteiger partial charge in [0.05, 0.1) is 32.0 Å². The fourth-order valence-electron chi connectivity index (χ4n) is 8.32. The molecule has 0 radical (unpaired) electrons. The highest BCUT2D eigenvalue weighted by molar-refractivity contribution is 5.76. The van der Waals surface area contributed by atoms with E-state index in [4.69, 9.17) is 18.9 Å². The van der Waals surface area contributed by atoms with Gasteiger partial charge in [-0.25, -0.2) is 0 Å². The molecule has 2 aliphatic heterocycles. The average Bonchev–Trinajstić information content (AvgIpc) is 3.35. The molecule has 2 saturated heterocycles. The van der Waals surface area contributed by atoms with Crippen molar-refractivity contribution in [3.8, 4) is 0 Å². The quantitative estimate of drug-likeness (QED) is 0.0213. The van der Waals surface area contributed by atoms with Crippen LogP contribution in [0.5, 0.6) is 0 Å². The molecule has 9 N–H and O–H groups in total. The van der Waals surface area contributed by atoms with E-state index < -0.39 is 86.8 Å². The van der Waals surface area contributed by atoms with Crippen LogP contribution in [0.4, 0.5) is 0 Å². The summed E-state index contributed by atoms with van der Waals surface area (Å²) in [5.74, 6) is -0.332. The van der Waals surface area contributed by atoms with Crippen molar-refractivity contribution in [1.82, 2.24) is 5.32 Å². The summed E-state index contributed by atoms with van der Waals surface area (Å²) in [4.78, 5) is 13.1. The zero-order valence-electron chi connectivity index (χ0n) is 42.3. The Morgan fingerprint density at radius 1 is 0.536 bits per heavy atom. The van der Waals surface area contributed by atoms with Crippen LogP contribution in [0.15, 0.2) is 72.9 Å². The number of ether oxygens (including phenoxy) is 4. The summed E-state index contributed by atoms with van der Waals surface area (Å²) in [5, 5.41) is 86.7. The summed E-state index contributed by atoms with van der Waals surface area (Å²) < 4.78 is 22.6.